The number of carbonyl (C=O) groups is 4. The minimum atomic E-state index is -1.37. The van der Waals surface area contributed by atoms with E-state index < -0.39 is 53.6 Å². The molecule has 0 aromatic rings. The molecular weight excluding hydrogens is 344 g/mol. The maximum absolute atomic E-state index is 12.2. The molecule has 2 amide bonds. The molecule has 0 fully saturated rings. The first-order valence-electron chi connectivity index (χ1n) is 8.41. The Labute approximate surface area is 153 Å². The Morgan fingerprint density at radius 1 is 1.00 bits per heavy atom. The summed E-state index contributed by atoms with van der Waals surface area (Å²) in [5.74, 6) is -2.85. The maximum atomic E-state index is 12.2. The number of nitrogens with one attached hydrogen (secondary N) is 2. The molecule has 0 heterocycles. The van der Waals surface area contributed by atoms with Crippen LogP contribution < -0.4 is 10.6 Å². The molecule has 0 aliphatic rings. The highest BCUT2D eigenvalue weighted by Gasteiger charge is 2.31. The number of hydrogen-bond donors (Lipinski definition) is 3. The first-order valence-corrected chi connectivity index (χ1v) is 8.41. The molecule has 0 aromatic carbocycles. The lowest BCUT2D eigenvalue weighted by molar-refractivity contribution is -0.162. The minimum Gasteiger partial charge on any atom is -0.481 e. The van der Waals surface area contributed by atoms with Crippen molar-refractivity contribution in [3.63, 3.8) is 0 Å². The molecule has 2 unspecified atom stereocenters. The van der Waals surface area contributed by atoms with Crippen LogP contribution >= 0.6 is 0 Å². The van der Waals surface area contributed by atoms with E-state index in [2.05, 4.69) is 10.6 Å². The molecule has 0 spiro atoms. The largest absolute Gasteiger partial charge is 0.481 e. The summed E-state index contributed by atoms with van der Waals surface area (Å²) < 4.78 is 10.3. The Balaban J connectivity index is 4.94. The summed E-state index contributed by atoms with van der Waals surface area (Å²) >= 11 is 0. The predicted molar refractivity (Wildman–Crippen MR) is 93.5 cm³/mol. The zero-order valence-electron chi connectivity index (χ0n) is 16.5. The van der Waals surface area contributed by atoms with Gasteiger partial charge in [0.25, 0.3) is 0 Å². The van der Waals surface area contributed by atoms with Gasteiger partial charge in [-0.25, -0.2) is 9.59 Å². The second kappa shape index (κ2) is 9.40. The van der Waals surface area contributed by atoms with Crippen LogP contribution in [0.2, 0.25) is 0 Å². The molecule has 0 rings (SSSR count). The third-order valence-corrected chi connectivity index (χ3v) is 3.33. The third-order valence-electron chi connectivity index (χ3n) is 3.33. The lowest BCUT2D eigenvalue weighted by Gasteiger charge is -2.27. The number of hydrogen-bond acceptors (Lipinski definition) is 6. The summed E-state index contributed by atoms with van der Waals surface area (Å²) in [7, 11) is 0. The lowest BCUT2D eigenvalue weighted by atomic mass is 10.1. The molecule has 2 atom stereocenters. The molecule has 0 aliphatic heterocycles. The van der Waals surface area contributed by atoms with E-state index in [9.17, 15) is 19.2 Å². The van der Waals surface area contributed by atoms with Crippen LogP contribution in [0.25, 0.3) is 0 Å². The summed E-state index contributed by atoms with van der Waals surface area (Å²) in [5.41, 5.74) is -1.53. The number of carboxylic acid groups (broad SMARTS) is 1. The second-order valence-corrected chi connectivity index (χ2v) is 7.56. The molecule has 0 aromatic heterocycles. The number of carboxylic acids is 1. The Bertz CT molecular complexity index is 538. The van der Waals surface area contributed by atoms with Crippen LogP contribution in [0.5, 0.6) is 0 Å². The van der Waals surface area contributed by atoms with Gasteiger partial charge < -0.3 is 25.2 Å². The van der Waals surface area contributed by atoms with Crippen LogP contribution in [0.3, 0.4) is 0 Å². The number of aliphatic carboxylic acids is 1. The topological polar surface area (TPSA) is 131 Å². The Morgan fingerprint density at radius 2 is 1.54 bits per heavy atom. The van der Waals surface area contributed by atoms with Crippen LogP contribution in [0.15, 0.2) is 0 Å². The number of ether oxygens (including phenoxy) is 2. The van der Waals surface area contributed by atoms with Gasteiger partial charge in [0.05, 0.1) is 6.42 Å². The molecule has 26 heavy (non-hydrogen) atoms. The molecule has 9 heteroatoms. The second-order valence-electron chi connectivity index (χ2n) is 7.56. The van der Waals surface area contributed by atoms with Gasteiger partial charge in [0.1, 0.15) is 23.3 Å². The van der Waals surface area contributed by atoms with E-state index in [0.29, 0.717) is 6.42 Å². The van der Waals surface area contributed by atoms with Crippen LogP contribution in [0.4, 0.5) is 4.79 Å². The van der Waals surface area contributed by atoms with E-state index in [-0.39, 0.29) is 0 Å². The van der Waals surface area contributed by atoms with E-state index in [1.54, 1.807) is 34.6 Å². The van der Waals surface area contributed by atoms with Crippen molar-refractivity contribution in [2.75, 3.05) is 0 Å². The average molecular weight is 374 g/mol. The van der Waals surface area contributed by atoms with Crippen LogP contribution in [0.1, 0.15) is 61.3 Å². The average Bonchev–Trinajstić information content (AvgIpc) is 2.43. The highest BCUT2D eigenvalue weighted by atomic mass is 16.6. The fourth-order valence-corrected chi connectivity index (χ4v) is 1.63. The summed E-state index contributed by atoms with van der Waals surface area (Å²) in [6.45, 7) is 11.6. The zero-order chi connectivity index (χ0) is 20.7. The first-order chi connectivity index (χ1) is 11.7. The fourth-order valence-electron chi connectivity index (χ4n) is 1.63. The summed E-state index contributed by atoms with van der Waals surface area (Å²) in [6.07, 6.45) is -0.920. The van der Waals surface area contributed by atoms with Gasteiger partial charge >= 0.3 is 18.0 Å². The molecule has 9 nitrogen and oxygen atoms in total. The van der Waals surface area contributed by atoms with Crippen molar-refractivity contribution >= 4 is 23.9 Å². The zero-order valence-corrected chi connectivity index (χ0v) is 16.5. The Kier molecular flexibility index (Phi) is 8.56. The van der Waals surface area contributed by atoms with Gasteiger partial charge in [-0.05, 0) is 48.0 Å². The molecule has 0 bridgehead atoms. The van der Waals surface area contributed by atoms with Crippen molar-refractivity contribution in [1.82, 2.24) is 10.6 Å². The van der Waals surface area contributed by atoms with Crippen LogP contribution in [-0.4, -0.2) is 52.3 Å². The molecule has 0 aliphatic carbocycles. The Hall–Kier alpha value is -2.32. The number of rotatable bonds is 8. The van der Waals surface area contributed by atoms with Crippen molar-refractivity contribution in [3.05, 3.63) is 0 Å². The quantitative estimate of drug-likeness (QED) is 0.550. The monoisotopic (exact) mass is 374 g/mol. The predicted octanol–water partition coefficient (Wildman–Crippen LogP) is 1.59. The van der Waals surface area contributed by atoms with Crippen molar-refractivity contribution in [3.8, 4) is 0 Å². The first kappa shape index (κ1) is 23.7. The van der Waals surface area contributed by atoms with Gasteiger partial charge in [-0.1, -0.05) is 6.92 Å². The minimum absolute atomic E-state index is 0.517. The summed E-state index contributed by atoms with van der Waals surface area (Å²) in [5, 5.41) is 13.6. The van der Waals surface area contributed by atoms with E-state index in [1.165, 1.54) is 6.92 Å². The smallest absolute Gasteiger partial charge is 0.408 e. The van der Waals surface area contributed by atoms with Crippen LogP contribution in [0, 0.1) is 0 Å². The van der Waals surface area contributed by atoms with Gasteiger partial charge in [-0.15, -0.1) is 0 Å². The van der Waals surface area contributed by atoms with Gasteiger partial charge in [0, 0.05) is 0 Å². The van der Waals surface area contributed by atoms with Crippen molar-refractivity contribution in [1.29, 1.82) is 0 Å². The molecular formula is C17H30N2O7. The van der Waals surface area contributed by atoms with Crippen molar-refractivity contribution < 1.29 is 33.8 Å². The highest BCUT2D eigenvalue weighted by molar-refractivity contribution is 5.91. The SMILES string of the molecule is CCC(C)(C)OC(=O)C(CC(=O)O)NC(=O)C(C)NC(=O)OC(C)(C)C. The van der Waals surface area contributed by atoms with Gasteiger partial charge in [0.15, 0.2) is 0 Å². The molecule has 3 N–H and O–H groups in total. The normalized spacial score (nSPS) is 14.0. The van der Waals surface area contributed by atoms with Gasteiger partial charge in [-0.2, -0.15) is 0 Å². The van der Waals surface area contributed by atoms with Crippen molar-refractivity contribution in [2.45, 2.75) is 84.6 Å². The molecule has 0 saturated carbocycles. The van der Waals surface area contributed by atoms with E-state index in [1.807, 2.05) is 6.92 Å². The van der Waals surface area contributed by atoms with E-state index in [4.69, 9.17) is 14.6 Å². The molecule has 150 valence electrons. The molecule has 0 radical (unpaired) electrons. The fraction of sp³-hybridized carbons (Fsp3) is 0.765. The highest BCUT2D eigenvalue weighted by Crippen LogP contribution is 2.15. The van der Waals surface area contributed by atoms with E-state index >= 15 is 0 Å². The van der Waals surface area contributed by atoms with Gasteiger partial charge in [0.2, 0.25) is 5.91 Å². The summed E-state index contributed by atoms with van der Waals surface area (Å²) in [4.78, 5) is 47.1. The van der Waals surface area contributed by atoms with Crippen molar-refractivity contribution in [2.24, 2.45) is 0 Å². The maximum Gasteiger partial charge on any atom is 0.408 e. The molecule has 0 saturated heterocycles. The standard InChI is InChI=1S/C17H30N2O7/c1-8-17(6,7)25-14(23)11(9-12(20)21)19-13(22)10(2)18-15(24)26-16(3,4)5/h10-11H,8-9H2,1-7H3,(H,18,24)(H,19,22)(H,20,21). The number of esters is 1. The number of amides is 2. The third kappa shape index (κ3) is 9.85. The summed E-state index contributed by atoms with van der Waals surface area (Å²) in [6, 6.07) is -2.40. The van der Waals surface area contributed by atoms with Crippen LogP contribution in [-0.2, 0) is 23.9 Å². The lowest BCUT2D eigenvalue weighted by Crippen LogP contribution is -2.52. The number of alkyl carbamates (subject to hydrolysis) is 1. The van der Waals surface area contributed by atoms with Gasteiger partial charge in [-0.3, -0.25) is 9.59 Å². The van der Waals surface area contributed by atoms with E-state index in [0.717, 1.165) is 0 Å². The number of carbonyl (C=O) groups excluding carboxylic acids is 3. The Morgan fingerprint density at radius 3 is 1.96 bits per heavy atom.